The summed E-state index contributed by atoms with van der Waals surface area (Å²) in [7, 11) is 4.84. The quantitative estimate of drug-likeness (QED) is 0.374. The second kappa shape index (κ2) is 10.7. The van der Waals surface area contributed by atoms with Gasteiger partial charge in [-0.15, -0.1) is 0 Å². The van der Waals surface area contributed by atoms with Crippen molar-refractivity contribution in [1.82, 2.24) is 25.9 Å². The van der Waals surface area contributed by atoms with Gasteiger partial charge in [-0.3, -0.25) is 15.2 Å². The normalized spacial score (nSPS) is 18.0. The van der Waals surface area contributed by atoms with Crippen LogP contribution >= 0.6 is 0 Å². The third kappa shape index (κ3) is 5.13. The first kappa shape index (κ1) is 25.7. The van der Waals surface area contributed by atoms with E-state index >= 15 is 0 Å². The van der Waals surface area contributed by atoms with Crippen LogP contribution in [0.3, 0.4) is 0 Å². The molecule has 0 spiro atoms. The number of allylic oxidation sites excluding steroid dienone is 3. The standard InChI is InChI=1S/C27H33N7O3/c1-14(2)24(18-10-15(3)8-7-9-30-18)34-25-22(27(35)33-19(13-29-4)23(25)28)26-31-16-11-20(36-5)21(37-6)12-17(16)32-26/h7-9,11-14,24,28-29,34H,10H2,1-6H3,(H,31,32)(H,33,35)/b19-13+,28-23?/t24-/m0/s1. The molecule has 2 aliphatic rings. The molecule has 1 aromatic heterocycles. The van der Waals surface area contributed by atoms with Crippen molar-refractivity contribution in [2.24, 2.45) is 10.9 Å². The maximum atomic E-state index is 13.5. The molecule has 5 N–H and O–H groups in total. The van der Waals surface area contributed by atoms with Gasteiger partial charge >= 0.3 is 0 Å². The fraction of sp³-hybridized carbons (Fsp3) is 0.333. The van der Waals surface area contributed by atoms with Crippen molar-refractivity contribution in [2.45, 2.75) is 33.2 Å². The van der Waals surface area contributed by atoms with Crippen molar-refractivity contribution in [3.05, 3.63) is 59.5 Å². The summed E-state index contributed by atoms with van der Waals surface area (Å²) in [4.78, 5) is 26.1. The largest absolute Gasteiger partial charge is 0.493 e. The number of nitrogens with zero attached hydrogens (tertiary/aromatic N) is 2. The lowest BCUT2D eigenvalue weighted by Gasteiger charge is -2.30. The molecule has 0 radical (unpaired) electrons. The van der Waals surface area contributed by atoms with E-state index in [0.29, 0.717) is 46.2 Å². The van der Waals surface area contributed by atoms with Gasteiger partial charge in [0.2, 0.25) is 0 Å². The van der Waals surface area contributed by atoms with Gasteiger partial charge in [-0.25, -0.2) is 4.98 Å². The van der Waals surface area contributed by atoms with Gasteiger partial charge < -0.3 is 30.4 Å². The molecule has 2 aliphatic heterocycles. The Kier molecular flexibility index (Phi) is 7.47. The average molecular weight is 504 g/mol. The molecular formula is C27H33N7O3. The highest BCUT2D eigenvalue weighted by Gasteiger charge is 2.34. The lowest BCUT2D eigenvalue weighted by Crippen LogP contribution is -2.47. The summed E-state index contributed by atoms with van der Waals surface area (Å²) in [5, 5.41) is 18.2. The number of aromatic nitrogens is 2. The van der Waals surface area contributed by atoms with Crippen LogP contribution < -0.4 is 25.4 Å². The first-order valence-corrected chi connectivity index (χ1v) is 12.1. The molecule has 1 amide bonds. The second-order valence-electron chi connectivity index (χ2n) is 9.25. The van der Waals surface area contributed by atoms with E-state index in [1.807, 2.05) is 12.2 Å². The van der Waals surface area contributed by atoms with E-state index in [-0.39, 0.29) is 29.2 Å². The molecule has 0 fully saturated rings. The molecule has 1 atom stereocenters. The minimum absolute atomic E-state index is 0.130. The first-order chi connectivity index (χ1) is 17.8. The van der Waals surface area contributed by atoms with Crippen molar-refractivity contribution in [3.8, 4) is 11.5 Å². The fourth-order valence-corrected chi connectivity index (χ4v) is 4.42. The average Bonchev–Trinajstić information content (AvgIpc) is 3.15. The van der Waals surface area contributed by atoms with E-state index in [4.69, 9.17) is 14.9 Å². The number of hydrogen-bond acceptors (Lipinski definition) is 8. The summed E-state index contributed by atoms with van der Waals surface area (Å²) in [5.41, 5.74) is 4.52. The summed E-state index contributed by atoms with van der Waals surface area (Å²) < 4.78 is 10.8. The molecular weight excluding hydrogens is 470 g/mol. The zero-order valence-electron chi connectivity index (χ0n) is 21.9. The van der Waals surface area contributed by atoms with Gasteiger partial charge in [0.25, 0.3) is 5.91 Å². The monoisotopic (exact) mass is 503 g/mol. The Hall–Kier alpha value is -4.34. The van der Waals surface area contributed by atoms with Gasteiger partial charge in [-0.05, 0) is 18.9 Å². The van der Waals surface area contributed by atoms with E-state index in [0.717, 1.165) is 5.71 Å². The van der Waals surface area contributed by atoms with Gasteiger partial charge in [0.15, 0.2) is 11.5 Å². The predicted octanol–water partition coefficient (Wildman–Crippen LogP) is 3.42. The number of aromatic amines is 1. The summed E-state index contributed by atoms with van der Waals surface area (Å²) in [6.07, 6.45) is 8.03. The Morgan fingerprint density at radius 3 is 2.59 bits per heavy atom. The number of fused-ring (bicyclic) bond motifs is 1. The Labute approximate surface area is 216 Å². The highest BCUT2D eigenvalue weighted by Crippen LogP contribution is 2.33. The van der Waals surface area contributed by atoms with Crippen molar-refractivity contribution in [2.75, 3.05) is 21.3 Å². The van der Waals surface area contributed by atoms with E-state index < -0.39 is 0 Å². The molecule has 1 aromatic carbocycles. The summed E-state index contributed by atoms with van der Waals surface area (Å²) in [5.74, 6) is 1.16. The maximum absolute atomic E-state index is 13.5. The molecule has 4 rings (SSSR count). The smallest absolute Gasteiger partial charge is 0.261 e. The topological polar surface area (TPSA) is 137 Å². The number of H-pyrrole nitrogens is 1. The maximum Gasteiger partial charge on any atom is 0.261 e. The second-order valence-corrected chi connectivity index (χ2v) is 9.25. The molecule has 0 saturated carbocycles. The van der Waals surface area contributed by atoms with E-state index in [1.54, 1.807) is 45.8 Å². The molecule has 10 nitrogen and oxygen atoms in total. The van der Waals surface area contributed by atoms with Crippen LogP contribution in [0.5, 0.6) is 11.5 Å². The number of benzene rings is 1. The molecule has 194 valence electrons. The highest BCUT2D eigenvalue weighted by atomic mass is 16.5. The lowest BCUT2D eigenvalue weighted by atomic mass is 9.92. The fourth-order valence-electron chi connectivity index (χ4n) is 4.42. The number of carbonyl (C=O) groups excluding carboxylic acids is 1. The number of aliphatic imine (C=N–C) groups is 1. The molecule has 3 heterocycles. The van der Waals surface area contributed by atoms with Gasteiger partial charge in [0.1, 0.15) is 17.1 Å². The molecule has 2 aromatic rings. The van der Waals surface area contributed by atoms with Crippen LogP contribution in [0, 0.1) is 11.3 Å². The number of nitrogens with one attached hydrogen (secondary N) is 5. The number of hydrogen-bond donors (Lipinski definition) is 5. The van der Waals surface area contributed by atoms with Crippen LogP contribution in [0.15, 0.2) is 58.6 Å². The number of rotatable bonds is 8. The van der Waals surface area contributed by atoms with Crippen molar-refractivity contribution in [1.29, 1.82) is 5.41 Å². The summed E-state index contributed by atoms with van der Waals surface area (Å²) in [6, 6.07) is 3.30. The third-order valence-corrected chi connectivity index (χ3v) is 6.25. The van der Waals surface area contributed by atoms with Crippen molar-refractivity contribution in [3.63, 3.8) is 0 Å². The molecule has 37 heavy (non-hydrogen) atoms. The number of methoxy groups -OCH3 is 2. The van der Waals surface area contributed by atoms with Gasteiger partial charge in [0.05, 0.1) is 42.7 Å². The van der Waals surface area contributed by atoms with Crippen LogP contribution in [-0.4, -0.2) is 54.6 Å². The van der Waals surface area contributed by atoms with E-state index in [2.05, 4.69) is 51.7 Å². The number of amides is 1. The van der Waals surface area contributed by atoms with E-state index in [9.17, 15) is 4.79 Å². The Morgan fingerprint density at radius 2 is 1.92 bits per heavy atom. The SMILES string of the molecule is CN/C=C1/NC(=O)C(c2nc3cc(OC)c(OC)cc3[nH]2)=C(N[C@H](C2=NC=CC=C(C)C2)C(C)C)C1=N. The number of carbonyl (C=O) groups is 1. The van der Waals surface area contributed by atoms with Gasteiger partial charge in [-0.1, -0.05) is 25.5 Å². The summed E-state index contributed by atoms with van der Waals surface area (Å²) >= 11 is 0. The van der Waals surface area contributed by atoms with Gasteiger partial charge in [0, 0.05) is 43.7 Å². The van der Waals surface area contributed by atoms with Crippen molar-refractivity contribution >= 4 is 33.9 Å². The van der Waals surface area contributed by atoms with Gasteiger partial charge in [-0.2, -0.15) is 0 Å². The molecule has 0 unspecified atom stereocenters. The first-order valence-electron chi connectivity index (χ1n) is 12.1. The van der Waals surface area contributed by atoms with Crippen molar-refractivity contribution < 1.29 is 14.3 Å². The van der Waals surface area contributed by atoms with Crippen LogP contribution in [0.1, 0.15) is 33.0 Å². The number of ether oxygens (including phenoxy) is 2. The molecule has 0 aliphatic carbocycles. The Morgan fingerprint density at radius 1 is 1.19 bits per heavy atom. The van der Waals surface area contributed by atoms with Crippen LogP contribution in [0.4, 0.5) is 0 Å². The van der Waals surface area contributed by atoms with Crippen LogP contribution in [0.25, 0.3) is 16.6 Å². The molecule has 10 heteroatoms. The number of imidazole rings is 1. The lowest BCUT2D eigenvalue weighted by molar-refractivity contribution is -0.115. The zero-order valence-corrected chi connectivity index (χ0v) is 21.9. The minimum atomic E-state index is -0.376. The predicted molar refractivity (Wildman–Crippen MR) is 146 cm³/mol. The highest BCUT2D eigenvalue weighted by molar-refractivity contribution is 6.33. The zero-order chi connectivity index (χ0) is 26.7. The van der Waals surface area contributed by atoms with Crippen LogP contribution in [-0.2, 0) is 4.79 Å². The van der Waals surface area contributed by atoms with E-state index in [1.165, 1.54) is 5.57 Å². The summed E-state index contributed by atoms with van der Waals surface area (Å²) in [6.45, 7) is 6.24. The van der Waals surface area contributed by atoms with Crippen LogP contribution in [0.2, 0.25) is 0 Å². The third-order valence-electron chi connectivity index (χ3n) is 6.25. The minimum Gasteiger partial charge on any atom is -0.493 e. The molecule has 0 saturated heterocycles. The molecule has 0 bridgehead atoms. The Balaban J connectivity index is 1.87. The Bertz CT molecular complexity index is 1350.